The Bertz CT molecular complexity index is 438. The number of amides is 1. The Balaban J connectivity index is 2.05. The van der Waals surface area contributed by atoms with Crippen LogP contribution < -0.4 is 5.32 Å². The van der Waals surface area contributed by atoms with Crippen LogP contribution in [0, 0.1) is 5.92 Å². The number of carbonyl (C=O) groups excluding carboxylic acids is 1. The van der Waals surface area contributed by atoms with Crippen molar-refractivity contribution >= 4 is 11.9 Å². The van der Waals surface area contributed by atoms with E-state index in [0.717, 1.165) is 31.2 Å². The van der Waals surface area contributed by atoms with Crippen LogP contribution in [0.1, 0.15) is 43.7 Å². The quantitative estimate of drug-likeness (QED) is 0.855. The predicted octanol–water partition coefficient (Wildman–Crippen LogP) is 2.51. The molecule has 1 aliphatic carbocycles. The molecule has 0 bridgehead atoms. The molecule has 1 aromatic carbocycles. The van der Waals surface area contributed by atoms with Crippen LogP contribution in [-0.2, 0) is 9.59 Å². The third-order valence-electron chi connectivity index (χ3n) is 3.62. The van der Waals surface area contributed by atoms with Gasteiger partial charge in [0.25, 0.3) is 0 Å². The molecule has 4 heteroatoms. The molecule has 1 aromatic rings. The van der Waals surface area contributed by atoms with Crippen LogP contribution in [0.2, 0.25) is 0 Å². The Hall–Kier alpha value is -1.84. The Morgan fingerprint density at radius 2 is 1.84 bits per heavy atom. The van der Waals surface area contributed by atoms with Crippen molar-refractivity contribution in [3.8, 4) is 0 Å². The minimum atomic E-state index is -0.902. The molecular formula is C15H19NO3. The molecule has 1 atom stereocenters. The van der Waals surface area contributed by atoms with Crippen LogP contribution in [0.4, 0.5) is 0 Å². The fraction of sp³-hybridized carbons (Fsp3) is 0.467. The molecule has 1 aliphatic rings. The highest BCUT2D eigenvalue weighted by Gasteiger charge is 2.26. The monoisotopic (exact) mass is 261 g/mol. The van der Waals surface area contributed by atoms with Gasteiger partial charge in [0.2, 0.25) is 5.91 Å². The summed E-state index contributed by atoms with van der Waals surface area (Å²) in [7, 11) is 0. The summed E-state index contributed by atoms with van der Waals surface area (Å²) < 4.78 is 0. The summed E-state index contributed by atoms with van der Waals surface area (Å²) in [6, 6.07) is 8.84. The molecule has 0 saturated heterocycles. The molecule has 1 saturated carbocycles. The number of carboxylic acids is 1. The van der Waals surface area contributed by atoms with E-state index >= 15 is 0 Å². The zero-order valence-corrected chi connectivity index (χ0v) is 10.8. The van der Waals surface area contributed by atoms with Crippen LogP contribution in [-0.4, -0.2) is 17.0 Å². The van der Waals surface area contributed by atoms with E-state index in [1.54, 1.807) is 0 Å². The third-order valence-corrected chi connectivity index (χ3v) is 3.62. The van der Waals surface area contributed by atoms with Crippen molar-refractivity contribution in [1.82, 2.24) is 5.32 Å². The van der Waals surface area contributed by atoms with E-state index in [1.165, 1.54) is 0 Å². The largest absolute Gasteiger partial charge is 0.481 e. The lowest BCUT2D eigenvalue weighted by Gasteiger charge is -2.19. The second kappa shape index (κ2) is 6.36. The van der Waals surface area contributed by atoms with Gasteiger partial charge in [-0.25, -0.2) is 0 Å². The van der Waals surface area contributed by atoms with E-state index in [-0.39, 0.29) is 18.2 Å². The van der Waals surface area contributed by atoms with Gasteiger partial charge in [-0.2, -0.15) is 0 Å². The van der Waals surface area contributed by atoms with Gasteiger partial charge in [-0.15, -0.1) is 0 Å². The van der Waals surface area contributed by atoms with Gasteiger partial charge in [-0.05, 0) is 18.4 Å². The molecule has 2 N–H and O–H groups in total. The summed E-state index contributed by atoms with van der Waals surface area (Å²) in [6.07, 6.45) is 3.93. The van der Waals surface area contributed by atoms with Crippen LogP contribution in [0.3, 0.4) is 0 Å². The van der Waals surface area contributed by atoms with Gasteiger partial charge in [0.15, 0.2) is 0 Å². The molecule has 2 rings (SSSR count). The molecular weight excluding hydrogens is 242 g/mol. The SMILES string of the molecule is O=C(O)CC(NC(=O)C1CCCC1)c1ccccc1. The van der Waals surface area contributed by atoms with Crippen molar-refractivity contribution in [3.05, 3.63) is 35.9 Å². The van der Waals surface area contributed by atoms with Gasteiger partial charge < -0.3 is 10.4 Å². The van der Waals surface area contributed by atoms with Crippen LogP contribution >= 0.6 is 0 Å². The first-order valence-electron chi connectivity index (χ1n) is 6.74. The van der Waals surface area contributed by atoms with Crippen molar-refractivity contribution in [1.29, 1.82) is 0 Å². The average Bonchev–Trinajstić information content (AvgIpc) is 2.92. The number of carbonyl (C=O) groups is 2. The van der Waals surface area contributed by atoms with Gasteiger partial charge >= 0.3 is 5.97 Å². The maximum absolute atomic E-state index is 12.1. The predicted molar refractivity (Wildman–Crippen MR) is 71.5 cm³/mol. The summed E-state index contributed by atoms with van der Waals surface area (Å²) in [4.78, 5) is 23.0. The maximum Gasteiger partial charge on any atom is 0.305 e. The Morgan fingerprint density at radius 1 is 1.21 bits per heavy atom. The van der Waals surface area contributed by atoms with Crippen LogP contribution in [0.15, 0.2) is 30.3 Å². The topological polar surface area (TPSA) is 66.4 Å². The molecule has 1 unspecified atom stereocenters. The number of hydrogen-bond donors (Lipinski definition) is 2. The fourth-order valence-electron chi connectivity index (χ4n) is 2.59. The number of nitrogens with one attached hydrogen (secondary N) is 1. The van der Waals surface area contributed by atoms with Gasteiger partial charge in [-0.3, -0.25) is 9.59 Å². The highest BCUT2D eigenvalue weighted by atomic mass is 16.4. The molecule has 102 valence electrons. The first kappa shape index (κ1) is 13.6. The van der Waals surface area contributed by atoms with Crippen molar-refractivity contribution in [2.24, 2.45) is 5.92 Å². The van der Waals surface area contributed by atoms with E-state index < -0.39 is 12.0 Å². The molecule has 19 heavy (non-hydrogen) atoms. The minimum absolute atomic E-state index is 0.00685. The highest BCUT2D eigenvalue weighted by Crippen LogP contribution is 2.26. The van der Waals surface area contributed by atoms with Crippen LogP contribution in [0.5, 0.6) is 0 Å². The van der Waals surface area contributed by atoms with Crippen molar-refractivity contribution < 1.29 is 14.7 Å². The molecule has 4 nitrogen and oxygen atoms in total. The number of hydrogen-bond acceptors (Lipinski definition) is 2. The lowest BCUT2D eigenvalue weighted by Crippen LogP contribution is -2.34. The lowest BCUT2D eigenvalue weighted by atomic mass is 10.0. The summed E-state index contributed by atoms with van der Waals surface area (Å²) in [5.41, 5.74) is 0.844. The Labute approximate surface area is 112 Å². The maximum atomic E-state index is 12.1. The molecule has 0 spiro atoms. The zero-order valence-electron chi connectivity index (χ0n) is 10.8. The van der Waals surface area contributed by atoms with Crippen molar-refractivity contribution in [2.75, 3.05) is 0 Å². The summed E-state index contributed by atoms with van der Waals surface area (Å²) in [5.74, 6) is -0.854. The summed E-state index contributed by atoms with van der Waals surface area (Å²) in [6.45, 7) is 0. The van der Waals surface area contributed by atoms with E-state index in [0.29, 0.717) is 0 Å². The first-order valence-corrected chi connectivity index (χ1v) is 6.74. The fourth-order valence-corrected chi connectivity index (χ4v) is 2.59. The summed E-state index contributed by atoms with van der Waals surface area (Å²) in [5, 5.41) is 11.9. The highest BCUT2D eigenvalue weighted by molar-refractivity contribution is 5.80. The average molecular weight is 261 g/mol. The van der Waals surface area contributed by atoms with Gasteiger partial charge in [-0.1, -0.05) is 43.2 Å². The van der Waals surface area contributed by atoms with E-state index in [2.05, 4.69) is 5.32 Å². The van der Waals surface area contributed by atoms with E-state index in [1.807, 2.05) is 30.3 Å². The van der Waals surface area contributed by atoms with E-state index in [9.17, 15) is 9.59 Å². The lowest BCUT2D eigenvalue weighted by molar-refractivity contribution is -0.137. The standard InChI is InChI=1S/C15H19NO3/c17-14(18)10-13(11-6-2-1-3-7-11)16-15(19)12-8-4-5-9-12/h1-3,6-7,12-13H,4-5,8-10H2,(H,16,19)(H,17,18). The smallest absolute Gasteiger partial charge is 0.305 e. The Kier molecular flexibility index (Phi) is 4.55. The second-order valence-electron chi connectivity index (χ2n) is 5.05. The first-order chi connectivity index (χ1) is 9.16. The number of aliphatic carboxylic acids is 1. The number of benzene rings is 1. The normalized spacial score (nSPS) is 17.1. The van der Waals surface area contributed by atoms with Crippen molar-refractivity contribution in [3.63, 3.8) is 0 Å². The molecule has 1 fully saturated rings. The molecule has 1 amide bonds. The minimum Gasteiger partial charge on any atom is -0.481 e. The number of carboxylic acid groups (broad SMARTS) is 1. The molecule has 0 heterocycles. The van der Waals surface area contributed by atoms with Gasteiger partial charge in [0.1, 0.15) is 0 Å². The molecule has 0 aliphatic heterocycles. The molecule has 0 radical (unpaired) electrons. The van der Waals surface area contributed by atoms with Gasteiger partial charge in [0.05, 0.1) is 12.5 Å². The Morgan fingerprint density at radius 3 is 2.42 bits per heavy atom. The van der Waals surface area contributed by atoms with E-state index in [4.69, 9.17) is 5.11 Å². The third kappa shape index (κ3) is 3.81. The number of rotatable bonds is 5. The summed E-state index contributed by atoms with van der Waals surface area (Å²) >= 11 is 0. The zero-order chi connectivity index (χ0) is 13.7. The van der Waals surface area contributed by atoms with Crippen molar-refractivity contribution in [2.45, 2.75) is 38.1 Å². The van der Waals surface area contributed by atoms with Gasteiger partial charge in [0, 0.05) is 5.92 Å². The second-order valence-corrected chi connectivity index (χ2v) is 5.05. The van der Waals surface area contributed by atoms with Crippen LogP contribution in [0.25, 0.3) is 0 Å². The molecule has 0 aromatic heterocycles.